The van der Waals surface area contributed by atoms with E-state index >= 15 is 0 Å². The lowest BCUT2D eigenvalue weighted by molar-refractivity contribution is -0.144. The van der Waals surface area contributed by atoms with Gasteiger partial charge >= 0.3 is 0 Å². The number of likely N-dealkylation sites (N-methyl/N-ethyl adjacent to an activating group) is 1. The number of amides is 2. The Hall–Kier alpha value is -3.69. The molecule has 37 heavy (non-hydrogen) atoms. The molecule has 9 heteroatoms. The molecular weight excluding hydrogens is 474 g/mol. The van der Waals surface area contributed by atoms with Crippen molar-refractivity contribution in [2.24, 2.45) is 0 Å². The number of aliphatic hydroxyl groups excluding tert-OH is 1. The largest absolute Gasteiger partial charge is 0.507 e. The Bertz CT molecular complexity index is 1350. The van der Waals surface area contributed by atoms with Crippen LogP contribution in [0.1, 0.15) is 23.6 Å². The SMILES string of the molecule is C[C@H]1Cc2cc(C(O)=C3C(=O)C(=O)N(CCN4CCOCC4)[C@]34C(=O)N(C)c3ccccc34)ccc2O1. The molecule has 0 radical (unpaired) electrons. The van der Waals surface area contributed by atoms with Gasteiger partial charge in [-0.15, -0.1) is 0 Å². The Kier molecular flexibility index (Phi) is 5.58. The van der Waals surface area contributed by atoms with Crippen molar-refractivity contribution < 1.29 is 29.0 Å². The van der Waals surface area contributed by atoms with E-state index in [0.717, 1.165) is 11.3 Å². The zero-order valence-corrected chi connectivity index (χ0v) is 20.9. The van der Waals surface area contributed by atoms with Crippen molar-refractivity contribution in [3.05, 3.63) is 64.7 Å². The number of aliphatic hydroxyl groups is 1. The molecule has 4 heterocycles. The topological polar surface area (TPSA) is 99.6 Å². The predicted octanol–water partition coefficient (Wildman–Crippen LogP) is 1.89. The van der Waals surface area contributed by atoms with E-state index in [2.05, 4.69) is 4.90 Å². The molecule has 0 unspecified atom stereocenters. The first-order valence-corrected chi connectivity index (χ1v) is 12.6. The fraction of sp³-hybridized carbons (Fsp3) is 0.393. The summed E-state index contributed by atoms with van der Waals surface area (Å²) in [7, 11) is 1.63. The Morgan fingerprint density at radius 3 is 2.62 bits per heavy atom. The molecule has 4 aliphatic rings. The van der Waals surface area contributed by atoms with Crippen LogP contribution in [0.15, 0.2) is 48.0 Å². The number of hydrogen-bond acceptors (Lipinski definition) is 7. The number of carbonyl (C=O) groups is 3. The fourth-order valence-electron chi connectivity index (χ4n) is 6.05. The Labute approximate surface area is 214 Å². The molecule has 2 aromatic rings. The molecule has 1 N–H and O–H groups in total. The number of likely N-dealkylation sites (tertiary alicyclic amines) is 1. The van der Waals surface area contributed by atoms with Crippen molar-refractivity contribution >= 4 is 29.0 Å². The summed E-state index contributed by atoms with van der Waals surface area (Å²) in [5.41, 5.74) is 0.479. The zero-order valence-electron chi connectivity index (χ0n) is 20.9. The maximum Gasteiger partial charge on any atom is 0.296 e. The summed E-state index contributed by atoms with van der Waals surface area (Å²) in [5, 5.41) is 11.6. The minimum Gasteiger partial charge on any atom is -0.507 e. The van der Waals surface area contributed by atoms with Crippen molar-refractivity contribution in [3.8, 4) is 5.75 Å². The van der Waals surface area contributed by atoms with Crippen molar-refractivity contribution in [1.82, 2.24) is 9.80 Å². The number of ether oxygens (including phenoxy) is 2. The van der Waals surface area contributed by atoms with E-state index < -0.39 is 23.1 Å². The lowest BCUT2D eigenvalue weighted by Gasteiger charge is -2.36. The van der Waals surface area contributed by atoms with Gasteiger partial charge in [-0.2, -0.15) is 0 Å². The van der Waals surface area contributed by atoms with Crippen LogP contribution < -0.4 is 9.64 Å². The Balaban J connectivity index is 1.52. The summed E-state index contributed by atoms with van der Waals surface area (Å²) in [6.45, 7) is 5.19. The van der Waals surface area contributed by atoms with Crippen molar-refractivity contribution in [3.63, 3.8) is 0 Å². The van der Waals surface area contributed by atoms with E-state index in [1.807, 2.05) is 13.0 Å². The second kappa shape index (κ2) is 8.71. The highest BCUT2D eigenvalue weighted by Crippen LogP contribution is 2.53. The van der Waals surface area contributed by atoms with Gasteiger partial charge in [0, 0.05) is 56.5 Å². The van der Waals surface area contributed by atoms with E-state index in [4.69, 9.17) is 9.47 Å². The smallest absolute Gasteiger partial charge is 0.296 e. The highest BCUT2D eigenvalue weighted by atomic mass is 16.5. The van der Waals surface area contributed by atoms with E-state index in [1.165, 1.54) is 9.80 Å². The Morgan fingerprint density at radius 2 is 1.84 bits per heavy atom. The first kappa shape index (κ1) is 23.7. The quantitative estimate of drug-likeness (QED) is 0.387. The summed E-state index contributed by atoms with van der Waals surface area (Å²) < 4.78 is 11.2. The summed E-state index contributed by atoms with van der Waals surface area (Å²) in [5.74, 6) is -1.70. The molecule has 0 saturated carbocycles. The zero-order chi connectivity index (χ0) is 25.9. The lowest BCUT2D eigenvalue weighted by atomic mass is 9.81. The number of para-hydroxylation sites is 1. The van der Waals surface area contributed by atoms with Crippen LogP contribution in [0.3, 0.4) is 0 Å². The second-order valence-electron chi connectivity index (χ2n) is 10.0. The van der Waals surface area contributed by atoms with Gasteiger partial charge in [-0.25, -0.2) is 0 Å². The third-order valence-electron chi connectivity index (χ3n) is 7.85. The molecule has 192 valence electrons. The molecule has 4 aliphatic heterocycles. The van der Waals surface area contributed by atoms with Crippen LogP contribution in [0.2, 0.25) is 0 Å². The number of benzene rings is 2. The first-order valence-electron chi connectivity index (χ1n) is 12.6. The molecule has 2 aromatic carbocycles. The van der Waals surface area contributed by atoms with Gasteiger partial charge in [0.15, 0.2) is 5.54 Å². The normalized spacial score (nSPS) is 26.6. The average molecular weight is 504 g/mol. The van der Waals surface area contributed by atoms with Gasteiger partial charge in [-0.1, -0.05) is 18.2 Å². The Morgan fingerprint density at radius 1 is 1.08 bits per heavy atom. The molecule has 6 rings (SSSR count). The number of anilines is 1. The molecular formula is C28H29N3O6. The predicted molar refractivity (Wildman–Crippen MR) is 135 cm³/mol. The standard InChI is InChI=1S/C28H29N3O6/c1-17-15-19-16-18(7-8-22(19)37-17)24(32)23-25(33)26(34)31(10-9-30-11-13-36-14-12-30)28(23)20-5-3-4-6-21(20)29(2)27(28)35/h3-8,16-17,32H,9-15H2,1-2H3/t17-,28-/m0/s1. The van der Waals surface area contributed by atoms with Crippen molar-refractivity contribution in [2.45, 2.75) is 25.0 Å². The van der Waals surface area contributed by atoms with Gasteiger partial charge in [-0.3, -0.25) is 19.3 Å². The monoisotopic (exact) mass is 503 g/mol. The fourth-order valence-corrected chi connectivity index (χ4v) is 6.05. The van der Waals surface area contributed by atoms with Gasteiger partial charge in [0.05, 0.1) is 18.8 Å². The van der Waals surface area contributed by atoms with Crippen LogP contribution in [0, 0.1) is 0 Å². The minimum atomic E-state index is -1.74. The molecule has 2 saturated heterocycles. The van der Waals surface area contributed by atoms with Crippen molar-refractivity contribution in [1.29, 1.82) is 0 Å². The van der Waals surface area contributed by atoms with Gasteiger partial charge in [0.25, 0.3) is 17.6 Å². The van der Waals surface area contributed by atoms with Crippen LogP contribution in [-0.4, -0.2) is 85.0 Å². The summed E-state index contributed by atoms with van der Waals surface area (Å²) in [6, 6.07) is 12.3. The highest BCUT2D eigenvalue weighted by Gasteiger charge is 2.66. The third kappa shape index (κ3) is 3.41. The van der Waals surface area contributed by atoms with Gasteiger partial charge < -0.3 is 24.4 Å². The second-order valence-corrected chi connectivity index (χ2v) is 10.0. The highest BCUT2D eigenvalue weighted by molar-refractivity contribution is 6.50. The maximum atomic E-state index is 14.1. The number of rotatable bonds is 4. The van der Waals surface area contributed by atoms with Crippen LogP contribution in [0.4, 0.5) is 5.69 Å². The van der Waals surface area contributed by atoms with E-state index in [9.17, 15) is 19.5 Å². The van der Waals surface area contributed by atoms with E-state index in [-0.39, 0.29) is 24.0 Å². The lowest BCUT2D eigenvalue weighted by Crippen LogP contribution is -2.53. The number of morpholine rings is 1. The third-order valence-corrected chi connectivity index (χ3v) is 7.85. The number of Topliss-reactive ketones (excluding diaryl/α,β-unsaturated/α-hetero) is 1. The first-order chi connectivity index (χ1) is 17.8. The summed E-state index contributed by atoms with van der Waals surface area (Å²) in [6.07, 6.45) is 0.675. The van der Waals surface area contributed by atoms with Gasteiger partial charge in [0.1, 0.15) is 17.6 Å². The van der Waals surface area contributed by atoms with Crippen LogP contribution in [-0.2, 0) is 31.1 Å². The van der Waals surface area contributed by atoms with Gasteiger partial charge in [-0.05, 0) is 36.8 Å². The van der Waals surface area contributed by atoms with E-state index in [0.29, 0.717) is 56.1 Å². The molecule has 0 bridgehead atoms. The number of carbonyl (C=O) groups excluding carboxylic acids is 3. The molecule has 1 spiro atoms. The minimum absolute atomic E-state index is 0.00805. The molecule has 9 nitrogen and oxygen atoms in total. The molecule has 2 amide bonds. The molecule has 2 fully saturated rings. The summed E-state index contributed by atoms with van der Waals surface area (Å²) in [4.78, 5) is 46.3. The maximum absolute atomic E-state index is 14.1. The number of ketones is 1. The van der Waals surface area contributed by atoms with E-state index in [1.54, 1.807) is 43.4 Å². The van der Waals surface area contributed by atoms with Crippen molar-refractivity contribution in [2.75, 3.05) is 51.3 Å². The number of nitrogens with zero attached hydrogens (tertiary/aromatic N) is 3. The van der Waals surface area contributed by atoms with Crippen LogP contribution >= 0.6 is 0 Å². The molecule has 0 aliphatic carbocycles. The summed E-state index contributed by atoms with van der Waals surface area (Å²) >= 11 is 0. The van der Waals surface area contributed by atoms with Crippen LogP contribution in [0.5, 0.6) is 5.75 Å². The van der Waals surface area contributed by atoms with Gasteiger partial charge in [0.2, 0.25) is 0 Å². The molecule has 2 atom stereocenters. The molecule has 0 aromatic heterocycles. The van der Waals surface area contributed by atoms with Crippen LogP contribution in [0.25, 0.3) is 5.76 Å². The number of fused-ring (bicyclic) bond motifs is 3. The number of hydrogen-bond donors (Lipinski definition) is 1. The average Bonchev–Trinajstić information content (AvgIpc) is 3.47.